The SMILES string of the molecule is Cc1cccc(Cn2nc(C)c([N+](=O)[O-])c2N)c1. The molecule has 0 saturated carbocycles. The van der Waals surface area contributed by atoms with Crippen LogP contribution in [0.5, 0.6) is 0 Å². The van der Waals surface area contributed by atoms with Crippen LogP contribution in [-0.2, 0) is 6.54 Å². The van der Waals surface area contributed by atoms with Crippen molar-refractivity contribution in [2.24, 2.45) is 0 Å². The topological polar surface area (TPSA) is 87.0 Å². The lowest BCUT2D eigenvalue weighted by molar-refractivity contribution is -0.384. The molecule has 2 rings (SSSR count). The third-order valence-corrected chi connectivity index (χ3v) is 2.73. The van der Waals surface area contributed by atoms with Crippen molar-refractivity contribution in [3.8, 4) is 0 Å². The van der Waals surface area contributed by atoms with Crippen molar-refractivity contribution in [1.29, 1.82) is 0 Å². The molecule has 94 valence electrons. The molecule has 0 atom stereocenters. The minimum absolute atomic E-state index is 0.0963. The summed E-state index contributed by atoms with van der Waals surface area (Å²) in [4.78, 5) is 10.3. The largest absolute Gasteiger partial charge is 0.378 e. The molecule has 2 N–H and O–H groups in total. The smallest absolute Gasteiger partial charge is 0.333 e. The summed E-state index contributed by atoms with van der Waals surface area (Å²) in [5, 5.41) is 14.9. The first-order chi connectivity index (χ1) is 8.49. The summed E-state index contributed by atoms with van der Waals surface area (Å²) in [5.74, 6) is 0.0963. The van der Waals surface area contributed by atoms with Gasteiger partial charge in [0, 0.05) is 0 Å². The minimum atomic E-state index is -0.496. The summed E-state index contributed by atoms with van der Waals surface area (Å²) in [6, 6.07) is 7.87. The van der Waals surface area contributed by atoms with Gasteiger partial charge in [0.05, 0.1) is 11.5 Å². The highest BCUT2D eigenvalue weighted by molar-refractivity contribution is 5.56. The van der Waals surface area contributed by atoms with Crippen molar-refractivity contribution in [1.82, 2.24) is 9.78 Å². The molecule has 0 aliphatic heterocycles. The van der Waals surface area contributed by atoms with Gasteiger partial charge in [-0.1, -0.05) is 29.8 Å². The number of aromatic nitrogens is 2. The average molecular weight is 246 g/mol. The molecule has 6 nitrogen and oxygen atoms in total. The lowest BCUT2D eigenvalue weighted by Gasteiger charge is -2.04. The molecule has 0 saturated heterocycles. The van der Waals surface area contributed by atoms with Crippen LogP contribution in [0.15, 0.2) is 24.3 Å². The van der Waals surface area contributed by atoms with Gasteiger partial charge in [-0.15, -0.1) is 0 Å². The number of hydrogen-bond donors (Lipinski definition) is 1. The fourth-order valence-electron chi connectivity index (χ4n) is 1.92. The monoisotopic (exact) mass is 246 g/mol. The zero-order chi connectivity index (χ0) is 13.3. The predicted molar refractivity (Wildman–Crippen MR) is 68.3 cm³/mol. The second-order valence-electron chi connectivity index (χ2n) is 4.22. The van der Waals surface area contributed by atoms with Crippen LogP contribution in [0.1, 0.15) is 16.8 Å². The van der Waals surface area contributed by atoms with Gasteiger partial charge in [-0.05, 0) is 19.4 Å². The van der Waals surface area contributed by atoms with E-state index in [1.165, 1.54) is 4.68 Å². The van der Waals surface area contributed by atoms with E-state index in [0.717, 1.165) is 11.1 Å². The molecule has 0 amide bonds. The van der Waals surface area contributed by atoms with Gasteiger partial charge in [0.25, 0.3) is 0 Å². The van der Waals surface area contributed by atoms with Crippen molar-refractivity contribution >= 4 is 11.5 Å². The number of nitrogen functional groups attached to an aromatic ring is 1. The van der Waals surface area contributed by atoms with Gasteiger partial charge in [0.15, 0.2) is 0 Å². The number of aryl methyl sites for hydroxylation is 2. The first kappa shape index (κ1) is 12.1. The maximum Gasteiger partial charge on any atom is 0.333 e. The molecule has 2 aromatic rings. The zero-order valence-corrected chi connectivity index (χ0v) is 10.3. The van der Waals surface area contributed by atoms with E-state index in [-0.39, 0.29) is 11.5 Å². The minimum Gasteiger partial charge on any atom is -0.378 e. The lowest BCUT2D eigenvalue weighted by Crippen LogP contribution is -2.06. The van der Waals surface area contributed by atoms with E-state index in [0.29, 0.717) is 12.2 Å². The van der Waals surface area contributed by atoms with Crippen LogP contribution >= 0.6 is 0 Å². The van der Waals surface area contributed by atoms with Gasteiger partial charge >= 0.3 is 5.69 Å². The maximum atomic E-state index is 10.8. The molecule has 1 heterocycles. The van der Waals surface area contributed by atoms with E-state index in [4.69, 9.17) is 5.73 Å². The number of anilines is 1. The first-order valence-electron chi connectivity index (χ1n) is 5.52. The van der Waals surface area contributed by atoms with Gasteiger partial charge in [-0.3, -0.25) is 10.1 Å². The van der Waals surface area contributed by atoms with Crippen LogP contribution in [0.2, 0.25) is 0 Å². The third-order valence-electron chi connectivity index (χ3n) is 2.73. The zero-order valence-electron chi connectivity index (χ0n) is 10.3. The van der Waals surface area contributed by atoms with E-state index in [2.05, 4.69) is 5.10 Å². The van der Waals surface area contributed by atoms with E-state index < -0.39 is 4.92 Å². The van der Waals surface area contributed by atoms with Gasteiger partial charge in [0.2, 0.25) is 5.82 Å². The van der Waals surface area contributed by atoms with Crippen LogP contribution in [0.4, 0.5) is 11.5 Å². The number of rotatable bonds is 3. The Bertz CT molecular complexity index is 604. The van der Waals surface area contributed by atoms with Crippen molar-refractivity contribution < 1.29 is 4.92 Å². The normalized spacial score (nSPS) is 10.6. The number of nitrogens with zero attached hydrogens (tertiary/aromatic N) is 3. The highest BCUT2D eigenvalue weighted by atomic mass is 16.6. The number of nitro groups is 1. The number of nitrogens with two attached hydrogens (primary N) is 1. The molecule has 6 heteroatoms. The summed E-state index contributed by atoms with van der Waals surface area (Å²) in [6.45, 7) is 4.01. The molecule has 0 fully saturated rings. The van der Waals surface area contributed by atoms with Crippen LogP contribution in [0.3, 0.4) is 0 Å². The Kier molecular flexibility index (Phi) is 3.01. The van der Waals surface area contributed by atoms with E-state index in [9.17, 15) is 10.1 Å². The Morgan fingerprint density at radius 3 is 2.72 bits per heavy atom. The Balaban J connectivity index is 2.36. The third kappa shape index (κ3) is 2.17. The fraction of sp³-hybridized carbons (Fsp3) is 0.250. The van der Waals surface area contributed by atoms with E-state index in [1.807, 2.05) is 31.2 Å². The Morgan fingerprint density at radius 1 is 1.44 bits per heavy atom. The summed E-state index contributed by atoms with van der Waals surface area (Å²) >= 11 is 0. The van der Waals surface area contributed by atoms with E-state index >= 15 is 0 Å². The Morgan fingerprint density at radius 2 is 2.17 bits per heavy atom. The molecule has 0 aliphatic rings. The Labute approximate surface area is 104 Å². The first-order valence-corrected chi connectivity index (χ1v) is 5.52. The van der Waals surface area contributed by atoms with Crippen molar-refractivity contribution in [2.75, 3.05) is 5.73 Å². The summed E-state index contributed by atoms with van der Waals surface area (Å²) in [5.41, 5.74) is 8.12. The number of hydrogen-bond acceptors (Lipinski definition) is 4. The van der Waals surface area contributed by atoms with Crippen molar-refractivity contribution in [3.63, 3.8) is 0 Å². The molecule has 0 radical (unpaired) electrons. The molecule has 18 heavy (non-hydrogen) atoms. The molecular weight excluding hydrogens is 232 g/mol. The van der Waals surface area contributed by atoms with Gasteiger partial charge in [0.1, 0.15) is 5.69 Å². The molecule has 1 aromatic carbocycles. The van der Waals surface area contributed by atoms with Crippen LogP contribution in [0, 0.1) is 24.0 Å². The van der Waals surface area contributed by atoms with E-state index in [1.54, 1.807) is 6.92 Å². The van der Waals surface area contributed by atoms with Gasteiger partial charge < -0.3 is 5.73 Å². The molecule has 1 aromatic heterocycles. The second-order valence-corrected chi connectivity index (χ2v) is 4.22. The summed E-state index contributed by atoms with van der Waals surface area (Å²) < 4.78 is 1.46. The average Bonchev–Trinajstić information content (AvgIpc) is 2.54. The standard InChI is InChI=1S/C12H14N4O2/c1-8-4-3-5-10(6-8)7-15-12(13)11(16(17)18)9(2)14-15/h3-6H,7,13H2,1-2H3. The quantitative estimate of drug-likeness (QED) is 0.663. The lowest BCUT2D eigenvalue weighted by atomic mass is 10.1. The van der Waals surface area contributed by atoms with Crippen molar-refractivity contribution in [3.05, 3.63) is 51.2 Å². The highest BCUT2D eigenvalue weighted by Gasteiger charge is 2.22. The van der Waals surface area contributed by atoms with Crippen LogP contribution in [0.25, 0.3) is 0 Å². The molecule has 0 spiro atoms. The fourth-order valence-corrected chi connectivity index (χ4v) is 1.92. The molecule has 0 bridgehead atoms. The molecule has 0 aliphatic carbocycles. The Hall–Kier alpha value is -2.37. The van der Waals surface area contributed by atoms with Crippen LogP contribution in [-0.4, -0.2) is 14.7 Å². The summed E-state index contributed by atoms with van der Waals surface area (Å²) in [7, 11) is 0. The van der Waals surface area contributed by atoms with Gasteiger partial charge in [-0.25, -0.2) is 4.68 Å². The number of benzene rings is 1. The summed E-state index contributed by atoms with van der Waals surface area (Å²) in [6.07, 6.45) is 0. The van der Waals surface area contributed by atoms with Crippen LogP contribution < -0.4 is 5.73 Å². The maximum absolute atomic E-state index is 10.8. The highest BCUT2D eigenvalue weighted by Crippen LogP contribution is 2.25. The molecular formula is C12H14N4O2. The predicted octanol–water partition coefficient (Wildman–Crippen LogP) is 2.04. The van der Waals surface area contributed by atoms with Gasteiger partial charge in [-0.2, -0.15) is 5.10 Å². The molecule has 0 unspecified atom stereocenters. The second kappa shape index (κ2) is 4.48. The van der Waals surface area contributed by atoms with Crippen molar-refractivity contribution in [2.45, 2.75) is 20.4 Å².